The quantitative estimate of drug-likeness (QED) is 0.696. The number of nitrogens with zero attached hydrogens (tertiary/aromatic N) is 1. The molecule has 1 saturated carbocycles. The van der Waals surface area contributed by atoms with Crippen LogP contribution in [0, 0.1) is 0 Å². The molecule has 0 spiro atoms. The highest BCUT2D eigenvalue weighted by molar-refractivity contribution is 5.94. The Balaban J connectivity index is 1.81. The van der Waals surface area contributed by atoms with Crippen LogP contribution >= 0.6 is 0 Å². The molecule has 110 valence electrons. The lowest BCUT2D eigenvalue weighted by molar-refractivity contribution is -0.120. The molecule has 0 aliphatic heterocycles. The zero-order valence-electron chi connectivity index (χ0n) is 11.8. The smallest absolute Gasteiger partial charge is 0.268 e. The van der Waals surface area contributed by atoms with E-state index in [1.54, 1.807) is 12.3 Å². The molecule has 1 aliphatic rings. The number of nitrogens with two attached hydrogens (primary N) is 1. The van der Waals surface area contributed by atoms with Crippen LogP contribution < -0.4 is 16.4 Å². The fraction of sp³-hybridized carbons (Fsp3) is 0.571. The first kappa shape index (κ1) is 14.4. The van der Waals surface area contributed by atoms with Crippen molar-refractivity contribution >= 4 is 17.5 Å². The zero-order chi connectivity index (χ0) is 14.5. The van der Waals surface area contributed by atoms with E-state index in [-0.39, 0.29) is 11.8 Å². The Bertz CT molecular complexity index is 491. The number of carbonyl (C=O) groups excluding carboxylic acids is 2. The normalized spacial score (nSPS) is 14.1. The Morgan fingerprint density at radius 1 is 1.35 bits per heavy atom. The molecule has 2 amide bonds. The van der Waals surface area contributed by atoms with Gasteiger partial charge in [0.1, 0.15) is 5.69 Å². The molecule has 1 aromatic rings. The van der Waals surface area contributed by atoms with Crippen molar-refractivity contribution < 1.29 is 9.59 Å². The lowest BCUT2D eigenvalue weighted by atomic mass is 10.3. The number of nitrogen functional groups attached to an aromatic ring is 1. The third-order valence-electron chi connectivity index (χ3n) is 3.25. The molecule has 4 N–H and O–H groups in total. The van der Waals surface area contributed by atoms with E-state index in [1.165, 1.54) is 0 Å². The van der Waals surface area contributed by atoms with Gasteiger partial charge in [-0.3, -0.25) is 9.59 Å². The minimum absolute atomic E-state index is 0.0377. The summed E-state index contributed by atoms with van der Waals surface area (Å²) in [5.41, 5.74) is 6.93. The number of hydrogen-bond acceptors (Lipinski definition) is 3. The first-order chi connectivity index (χ1) is 9.61. The molecule has 1 aromatic heterocycles. The second-order valence-corrected chi connectivity index (χ2v) is 5.15. The van der Waals surface area contributed by atoms with E-state index in [9.17, 15) is 9.59 Å². The van der Waals surface area contributed by atoms with Gasteiger partial charge in [0.2, 0.25) is 5.91 Å². The fourth-order valence-corrected chi connectivity index (χ4v) is 2.07. The number of amides is 2. The van der Waals surface area contributed by atoms with Gasteiger partial charge in [0, 0.05) is 31.7 Å². The average molecular weight is 278 g/mol. The van der Waals surface area contributed by atoms with E-state index in [4.69, 9.17) is 5.73 Å². The molecule has 6 heteroatoms. The van der Waals surface area contributed by atoms with Gasteiger partial charge in [0.05, 0.1) is 5.69 Å². The lowest BCUT2D eigenvalue weighted by Crippen LogP contribution is -2.31. The highest BCUT2D eigenvalue weighted by Crippen LogP contribution is 2.37. The highest BCUT2D eigenvalue weighted by atomic mass is 16.2. The average Bonchev–Trinajstić information content (AvgIpc) is 3.19. The minimum atomic E-state index is -0.170. The van der Waals surface area contributed by atoms with Crippen LogP contribution in [0.15, 0.2) is 12.3 Å². The maximum atomic E-state index is 12.1. The van der Waals surface area contributed by atoms with Crippen LogP contribution in [0.25, 0.3) is 0 Å². The van der Waals surface area contributed by atoms with Gasteiger partial charge in [-0.2, -0.15) is 0 Å². The summed E-state index contributed by atoms with van der Waals surface area (Å²) < 4.78 is 1.93. The monoisotopic (exact) mass is 278 g/mol. The maximum absolute atomic E-state index is 12.1. The molecule has 0 atom stereocenters. The summed E-state index contributed by atoms with van der Waals surface area (Å²) in [4.78, 5) is 23.5. The van der Waals surface area contributed by atoms with Gasteiger partial charge in [-0.05, 0) is 25.3 Å². The van der Waals surface area contributed by atoms with E-state index in [2.05, 4.69) is 10.6 Å². The summed E-state index contributed by atoms with van der Waals surface area (Å²) in [5.74, 6) is -0.207. The third kappa shape index (κ3) is 3.76. The van der Waals surface area contributed by atoms with Crippen molar-refractivity contribution in [3.05, 3.63) is 18.0 Å². The van der Waals surface area contributed by atoms with E-state index < -0.39 is 0 Å². The number of anilines is 1. The Morgan fingerprint density at radius 3 is 2.75 bits per heavy atom. The summed E-state index contributed by atoms with van der Waals surface area (Å²) in [6.07, 6.45) is 5.19. The number of carbonyl (C=O) groups is 2. The number of aromatic nitrogens is 1. The second-order valence-electron chi connectivity index (χ2n) is 5.15. The molecule has 20 heavy (non-hydrogen) atoms. The molecular weight excluding hydrogens is 256 g/mol. The lowest BCUT2D eigenvalue weighted by Gasteiger charge is -2.08. The standard InChI is InChI=1S/C14H22N4O2/c1-2-6-16-13(19)5-7-17-14(20)12-8-10(15)9-18(12)11-3-4-11/h8-9,11H,2-7,15H2,1H3,(H,16,19)(H,17,20). The predicted octanol–water partition coefficient (Wildman–Crippen LogP) is 1.05. The zero-order valence-corrected chi connectivity index (χ0v) is 11.8. The highest BCUT2D eigenvalue weighted by Gasteiger charge is 2.27. The number of hydrogen-bond donors (Lipinski definition) is 3. The molecule has 0 aromatic carbocycles. The van der Waals surface area contributed by atoms with E-state index in [0.29, 0.717) is 36.9 Å². The van der Waals surface area contributed by atoms with E-state index in [1.807, 2.05) is 11.5 Å². The van der Waals surface area contributed by atoms with Crippen LogP contribution in [0.3, 0.4) is 0 Å². The van der Waals surface area contributed by atoms with E-state index >= 15 is 0 Å². The SMILES string of the molecule is CCCNC(=O)CCNC(=O)c1cc(N)cn1C1CC1. The molecule has 1 heterocycles. The minimum Gasteiger partial charge on any atom is -0.397 e. The van der Waals surface area contributed by atoms with Crippen LogP contribution in [-0.2, 0) is 4.79 Å². The number of rotatable bonds is 7. The van der Waals surface area contributed by atoms with Crippen LogP contribution in [0.2, 0.25) is 0 Å². The van der Waals surface area contributed by atoms with Gasteiger partial charge in [0.15, 0.2) is 0 Å². The largest absolute Gasteiger partial charge is 0.397 e. The predicted molar refractivity (Wildman–Crippen MR) is 77.4 cm³/mol. The Morgan fingerprint density at radius 2 is 2.10 bits per heavy atom. The Kier molecular flexibility index (Phi) is 4.65. The summed E-state index contributed by atoms with van der Waals surface area (Å²) in [7, 11) is 0. The van der Waals surface area contributed by atoms with Gasteiger partial charge in [0.25, 0.3) is 5.91 Å². The molecule has 6 nitrogen and oxygen atoms in total. The van der Waals surface area contributed by atoms with Crippen molar-refractivity contribution in [2.45, 2.75) is 38.6 Å². The van der Waals surface area contributed by atoms with Crippen molar-refractivity contribution in [2.75, 3.05) is 18.8 Å². The van der Waals surface area contributed by atoms with Crippen LogP contribution in [0.1, 0.15) is 49.1 Å². The third-order valence-corrected chi connectivity index (χ3v) is 3.25. The van der Waals surface area contributed by atoms with E-state index in [0.717, 1.165) is 19.3 Å². The maximum Gasteiger partial charge on any atom is 0.268 e. The molecule has 0 saturated heterocycles. The molecule has 1 fully saturated rings. The summed E-state index contributed by atoms with van der Waals surface area (Å²) in [5, 5.41) is 5.54. The summed E-state index contributed by atoms with van der Waals surface area (Å²) >= 11 is 0. The van der Waals surface area contributed by atoms with Gasteiger partial charge < -0.3 is 20.9 Å². The van der Waals surface area contributed by atoms with Gasteiger partial charge >= 0.3 is 0 Å². The number of nitrogens with one attached hydrogen (secondary N) is 2. The van der Waals surface area contributed by atoms with Crippen molar-refractivity contribution in [1.82, 2.24) is 15.2 Å². The van der Waals surface area contributed by atoms with Crippen molar-refractivity contribution in [3.8, 4) is 0 Å². The van der Waals surface area contributed by atoms with Crippen molar-refractivity contribution in [2.24, 2.45) is 0 Å². The topological polar surface area (TPSA) is 89.2 Å². The van der Waals surface area contributed by atoms with Crippen LogP contribution in [0.4, 0.5) is 5.69 Å². The van der Waals surface area contributed by atoms with Crippen LogP contribution in [-0.4, -0.2) is 29.5 Å². The van der Waals surface area contributed by atoms with Gasteiger partial charge in [-0.25, -0.2) is 0 Å². The molecular formula is C14H22N4O2. The summed E-state index contributed by atoms with van der Waals surface area (Å²) in [6, 6.07) is 2.09. The van der Waals surface area contributed by atoms with Crippen molar-refractivity contribution in [3.63, 3.8) is 0 Å². The molecule has 0 unspecified atom stereocenters. The molecule has 2 rings (SSSR count). The van der Waals surface area contributed by atoms with Gasteiger partial charge in [-0.1, -0.05) is 6.92 Å². The first-order valence-corrected chi connectivity index (χ1v) is 7.14. The molecule has 1 aliphatic carbocycles. The van der Waals surface area contributed by atoms with Gasteiger partial charge in [-0.15, -0.1) is 0 Å². The fourth-order valence-electron chi connectivity index (χ4n) is 2.07. The first-order valence-electron chi connectivity index (χ1n) is 7.14. The molecule has 0 radical (unpaired) electrons. The Hall–Kier alpha value is -1.98. The van der Waals surface area contributed by atoms with Crippen molar-refractivity contribution in [1.29, 1.82) is 0 Å². The molecule has 0 bridgehead atoms. The van der Waals surface area contributed by atoms with Crippen LogP contribution in [0.5, 0.6) is 0 Å². The Labute approximate surface area is 118 Å². The second kappa shape index (κ2) is 6.45. The summed E-state index contributed by atoms with van der Waals surface area (Å²) in [6.45, 7) is 3.01.